The molecule has 2 aliphatic rings. The van der Waals surface area contributed by atoms with E-state index < -0.39 is 0 Å². The summed E-state index contributed by atoms with van der Waals surface area (Å²) in [6, 6.07) is 11.6. The van der Waals surface area contributed by atoms with Crippen molar-refractivity contribution in [2.75, 3.05) is 31.1 Å². The van der Waals surface area contributed by atoms with Gasteiger partial charge in [-0.15, -0.1) is 11.3 Å². The number of carbonyl (C=O) groups excluding carboxylic acids is 1. The van der Waals surface area contributed by atoms with Crippen molar-refractivity contribution in [1.29, 1.82) is 0 Å². The van der Waals surface area contributed by atoms with Gasteiger partial charge in [-0.05, 0) is 48.4 Å². The number of aromatic nitrogens is 1. The molecular formula is C26H36N4OS2. The smallest absolute Gasteiger partial charge is 0.222 e. The molecule has 7 heteroatoms. The van der Waals surface area contributed by atoms with Crippen LogP contribution in [0.5, 0.6) is 0 Å². The Kier molecular flexibility index (Phi) is 8.75. The van der Waals surface area contributed by atoms with Crippen molar-refractivity contribution >= 4 is 43.9 Å². The molecule has 0 spiro atoms. The molecule has 1 N–H and O–H groups in total. The second kappa shape index (κ2) is 12.0. The highest BCUT2D eigenvalue weighted by Crippen LogP contribution is 2.30. The van der Waals surface area contributed by atoms with E-state index in [1.54, 1.807) is 11.3 Å². The van der Waals surface area contributed by atoms with E-state index in [-0.39, 0.29) is 5.91 Å². The zero-order valence-electron chi connectivity index (χ0n) is 19.9. The van der Waals surface area contributed by atoms with Gasteiger partial charge >= 0.3 is 0 Å². The average molecular weight is 485 g/mol. The lowest BCUT2D eigenvalue weighted by molar-refractivity contribution is -0.131. The first-order chi connectivity index (χ1) is 16.2. The summed E-state index contributed by atoms with van der Waals surface area (Å²) in [4.78, 5) is 22.4. The van der Waals surface area contributed by atoms with Crippen molar-refractivity contribution in [2.24, 2.45) is 0 Å². The number of hydrogen-bond acceptors (Lipinski definition) is 6. The van der Waals surface area contributed by atoms with E-state index in [1.165, 1.54) is 47.2 Å². The fourth-order valence-corrected chi connectivity index (χ4v) is 6.22. The number of benzene rings is 1. The topological polar surface area (TPSA) is 48.5 Å². The van der Waals surface area contributed by atoms with Gasteiger partial charge in [0.25, 0.3) is 0 Å². The summed E-state index contributed by atoms with van der Waals surface area (Å²) in [7, 11) is 0. The van der Waals surface area contributed by atoms with Crippen LogP contribution in [0.25, 0.3) is 10.2 Å². The Bertz CT molecular complexity index is 1000. The molecule has 1 aliphatic carbocycles. The summed E-state index contributed by atoms with van der Waals surface area (Å²) in [5.74, 6) is 0.258. The molecule has 5 rings (SSSR count). The fourth-order valence-electron chi connectivity index (χ4n) is 4.48. The van der Waals surface area contributed by atoms with E-state index in [9.17, 15) is 4.79 Å². The van der Waals surface area contributed by atoms with Crippen LogP contribution in [0.3, 0.4) is 0 Å². The highest BCUT2D eigenvalue weighted by molar-refractivity contribution is 7.22. The highest BCUT2D eigenvalue weighted by atomic mass is 32.1. The number of piperazine rings is 1. The Labute approximate surface area is 205 Å². The standard InChI is InChI=1S/C20H28N4OS.C6H8S/c1-2-19(25)23-9-11-24(12-10-23)20-22-17-8-7-15(13-18(17)26-20)14-21-16-5-3-4-6-16;1-2-6-4-3-5-7-6/h7-8,13,16,21H,2-6,9-12,14H2,1H3;3-5H,2H2,1H3. The number of thiophene rings is 1. The van der Waals surface area contributed by atoms with Crippen molar-refractivity contribution in [3.63, 3.8) is 0 Å². The van der Waals surface area contributed by atoms with Crippen LogP contribution in [0.2, 0.25) is 0 Å². The molecule has 0 radical (unpaired) electrons. The van der Waals surface area contributed by atoms with Crippen LogP contribution in [0.15, 0.2) is 35.7 Å². The average Bonchev–Trinajstić information content (AvgIpc) is 3.64. The minimum absolute atomic E-state index is 0.258. The Morgan fingerprint density at radius 1 is 1.12 bits per heavy atom. The number of amides is 1. The molecule has 2 fully saturated rings. The first kappa shape index (κ1) is 24.2. The molecule has 0 atom stereocenters. The van der Waals surface area contributed by atoms with Gasteiger partial charge in [-0.25, -0.2) is 4.98 Å². The van der Waals surface area contributed by atoms with Gasteiger partial charge in [0.2, 0.25) is 5.91 Å². The lowest BCUT2D eigenvalue weighted by Crippen LogP contribution is -2.48. The van der Waals surface area contributed by atoms with E-state index in [2.05, 4.69) is 52.9 Å². The third-order valence-electron chi connectivity index (χ3n) is 6.53. The number of fused-ring (bicyclic) bond motifs is 1. The Balaban J connectivity index is 0.000000318. The van der Waals surface area contributed by atoms with Gasteiger partial charge in [0, 0.05) is 50.1 Å². The highest BCUT2D eigenvalue weighted by Gasteiger charge is 2.22. The molecule has 0 bridgehead atoms. The van der Waals surface area contributed by atoms with E-state index in [0.717, 1.165) is 43.4 Å². The Morgan fingerprint density at radius 2 is 1.91 bits per heavy atom. The minimum atomic E-state index is 0.258. The quantitative estimate of drug-likeness (QED) is 0.488. The first-order valence-electron chi connectivity index (χ1n) is 12.3. The van der Waals surface area contributed by atoms with Crippen LogP contribution in [0, 0.1) is 0 Å². The van der Waals surface area contributed by atoms with Gasteiger partial charge in [0.1, 0.15) is 0 Å². The van der Waals surface area contributed by atoms with E-state index in [0.29, 0.717) is 12.5 Å². The van der Waals surface area contributed by atoms with Crippen molar-refractivity contribution in [3.05, 3.63) is 46.2 Å². The van der Waals surface area contributed by atoms with Crippen molar-refractivity contribution in [3.8, 4) is 0 Å². The van der Waals surface area contributed by atoms with Crippen LogP contribution in [0.4, 0.5) is 5.13 Å². The summed E-state index contributed by atoms with van der Waals surface area (Å²) in [5.41, 5.74) is 2.43. The van der Waals surface area contributed by atoms with Crippen LogP contribution in [0.1, 0.15) is 56.4 Å². The molecule has 1 aromatic carbocycles. The predicted molar refractivity (Wildman–Crippen MR) is 141 cm³/mol. The van der Waals surface area contributed by atoms with Crippen LogP contribution >= 0.6 is 22.7 Å². The second-order valence-corrected chi connectivity index (χ2v) is 10.9. The molecule has 1 amide bonds. The lowest BCUT2D eigenvalue weighted by atomic mass is 10.2. The number of rotatable bonds is 6. The Morgan fingerprint density at radius 3 is 2.55 bits per heavy atom. The van der Waals surface area contributed by atoms with Gasteiger partial charge in [0.15, 0.2) is 5.13 Å². The summed E-state index contributed by atoms with van der Waals surface area (Å²) >= 11 is 3.60. The SMILES string of the molecule is CCC(=O)N1CCN(c2nc3ccc(CNC4CCCC4)cc3s2)CC1.CCc1cccs1. The van der Waals surface area contributed by atoms with Crippen LogP contribution in [-0.2, 0) is 17.8 Å². The maximum Gasteiger partial charge on any atom is 0.222 e. The number of nitrogens with zero attached hydrogens (tertiary/aromatic N) is 3. The first-order valence-corrected chi connectivity index (χ1v) is 14.0. The van der Waals surface area contributed by atoms with Crippen molar-refractivity contribution in [1.82, 2.24) is 15.2 Å². The number of nitrogens with one attached hydrogen (secondary N) is 1. The van der Waals surface area contributed by atoms with E-state index in [4.69, 9.17) is 4.98 Å². The van der Waals surface area contributed by atoms with Crippen LogP contribution in [-0.4, -0.2) is 48.0 Å². The number of aryl methyl sites for hydroxylation is 1. The zero-order valence-corrected chi connectivity index (χ0v) is 21.5. The van der Waals surface area contributed by atoms with Gasteiger partial charge in [-0.3, -0.25) is 4.79 Å². The van der Waals surface area contributed by atoms with Gasteiger partial charge < -0.3 is 15.1 Å². The molecule has 0 unspecified atom stereocenters. The van der Waals surface area contributed by atoms with Crippen molar-refractivity contribution < 1.29 is 4.79 Å². The van der Waals surface area contributed by atoms with Crippen LogP contribution < -0.4 is 10.2 Å². The number of anilines is 1. The Hall–Kier alpha value is -1.96. The number of hydrogen-bond donors (Lipinski definition) is 1. The van der Waals surface area contributed by atoms with E-state index in [1.807, 2.05) is 23.2 Å². The van der Waals surface area contributed by atoms with Gasteiger partial charge in [-0.1, -0.05) is 50.2 Å². The van der Waals surface area contributed by atoms with Gasteiger partial charge in [-0.2, -0.15) is 0 Å². The maximum atomic E-state index is 11.8. The molecule has 1 saturated heterocycles. The maximum absolute atomic E-state index is 11.8. The molecule has 33 heavy (non-hydrogen) atoms. The molecule has 178 valence electrons. The summed E-state index contributed by atoms with van der Waals surface area (Å²) in [5, 5.41) is 6.89. The monoisotopic (exact) mass is 484 g/mol. The fraction of sp³-hybridized carbons (Fsp3) is 0.538. The summed E-state index contributed by atoms with van der Waals surface area (Å²) in [6.07, 6.45) is 7.15. The molecule has 5 nitrogen and oxygen atoms in total. The second-order valence-electron chi connectivity index (χ2n) is 8.82. The zero-order chi connectivity index (χ0) is 23.0. The number of thiazole rings is 1. The van der Waals surface area contributed by atoms with Crippen molar-refractivity contribution in [2.45, 2.75) is 65.0 Å². The number of carbonyl (C=O) groups is 1. The minimum Gasteiger partial charge on any atom is -0.345 e. The molecule has 1 aliphatic heterocycles. The lowest BCUT2D eigenvalue weighted by Gasteiger charge is -2.34. The largest absolute Gasteiger partial charge is 0.345 e. The summed E-state index contributed by atoms with van der Waals surface area (Å²) in [6.45, 7) is 8.42. The third kappa shape index (κ3) is 6.55. The van der Waals surface area contributed by atoms with Gasteiger partial charge in [0.05, 0.1) is 10.2 Å². The molecule has 2 aromatic heterocycles. The molecular weight excluding hydrogens is 448 g/mol. The summed E-state index contributed by atoms with van der Waals surface area (Å²) < 4.78 is 1.26. The third-order valence-corrected chi connectivity index (χ3v) is 8.63. The molecule has 3 heterocycles. The molecule has 1 saturated carbocycles. The molecule has 3 aromatic rings. The normalized spacial score (nSPS) is 16.8. The van der Waals surface area contributed by atoms with E-state index >= 15 is 0 Å². The predicted octanol–water partition coefficient (Wildman–Crippen LogP) is 5.70.